The summed E-state index contributed by atoms with van der Waals surface area (Å²) in [6.45, 7) is 8.63. The third-order valence-corrected chi connectivity index (χ3v) is 4.58. The second-order valence-corrected chi connectivity index (χ2v) is 7.56. The van der Waals surface area contributed by atoms with Gasteiger partial charge in [0.15, 0.2) is 0 Å². The summed E-state index contributed by atoms with van der Waals surface area (Å²) in [7, 11) is 0. The van der Waals surface area contributed by atoms with Crippen LogP contribution in [0.2, 0.25) is 5.02 Å². The van der Waals surface area contributed by atoms with Crippen LogP contribution in [0.4, 0.5) is 13.2 Å². The minimum Gasteiger partial charge on any atom is -0.489 e. The summed E-state index contributed by atoms with van der Waals surface area (Å²) in [5.74, 6) is 0.682. The molecular formula is C17H22ClF3N2O. The van der Waals surface area contributed by atoms with E-state index in [-0.39, 0.29) is 29.9 Å². The molecule has 0 saturated heterocycles. The molecule has 3 nitrogen and oxygen atoms in total. The number of ether oxygens (including phenoxy) is 1. The van der Waals surface area contributed by atoms with Crippen molar-refractivity contribution in [1.29, 1.82) is 5.26 Å². The number of alkyl halides is 3. The average Bonchev–Trinajstić information content (AvgIpc) is 2.42. The Bertz CT molecular complexity index is 614. The van der Waals surface area contributed by atoms with E-state index in [1.165, 1.54) is 0 Å². The average molecular weight is 363 g/mol. The monoisotopic (exact) mass is 362 g/mol. The molecule has 0 heterocycles. The zero-order chi connectivity index (χ0) is 18.9. The van der Waals surface area contributed by atoms with Crippen LogP contribution in [0, 0.1) is 22.2 Å². The van der Waals surface area contributed by atoms with Gasteiger partial charge < -0.3 is 10.5 Å². The maximum Gasteiger partial charge on any atom is 0.386 e. The van der Waals surface area contributed by atoms with Crippen LogP contribution in [0.3, 0.4) is 0 Å². The van der Waals surface area contributed by atoms with Gasteiger partial charge in [0.05, 0.1) is 10.6 Å². The van der Waals surface area contributed by atoms with Gasteiger partial charge in [-0.3, -0.25) is 0 Å². The summed E-state index contributed by atoms with van der Waals surface area (Å²) in [4.78, 5) is 0. The maximum atomic E-state index is 10.4. The second kappa shape index (κ2) is 6.81. The molecule has 1 aliphatic rings. The summed E-state index contributed by atoms with van der Waals surface area (Å²) in [6, 6.07) is 7.28. The van der Waals surface area contributed by atoms with Crippen LogP contribution in [0.1, 0.15) is 40.2 Å². The van der Waals surface area contributed by atoms with Crippen molar-refractivity contribution in [3.63, 3.8) is 0 Å². The van der Waals surface area contributed by atoms with Gasteiger partial charge in [-0.2, -0.15) is 18.4 Å². The van der Waals surface area contributed by atoms with E-state index in [1.807, 2.05) is 6.07 Å². The fourth-order valence-corrected chi connectivity index (χ4v) is 3.46. The van der Waals surface area contributed by atoms with Crippen molar-refractivity contribution in [3.05, 3.63) is 28.8 Å². The maximum absolute atomic E-state index is 10.4. The van der Waals surface area contributed by atoms with Gasteiger partial charge in [-0.15, -0.1) is 0 Å². The molecule has 0 spiro atoms. The standard InChI is InChI=1S/C15H19ClN2O.C2H3F3/c1-14(2)12(18)15(3,4)13(14)19-10-6-5-9(8-17)11(16)7-10;1-2(3,4)5/h5-7,12-13H,18H2,1-4H3;1H3/t12-,13-;. The van der Waals surface area contributed by atoms with E-state index in [2.05, 4.69) is 27.7 Å². The van der Waals surface area contributed by atoms with Crippen molar-refractivity contribution in [2.45, 2.75) is 52.9 Å². The van der Waals surface area contributed by atoms with Gasteiger partial charge in [0.1, 0.15) is 17.9 Å². The summed E-state index contributed by atoms with van der Waals surface area (Å²) in [5, 5.41) is 9.27. The van der Waals surface area contributed by atoms with Crippen LogP contribution in [-0.4, -0.2) is 18.3 Å². The molecule has 1 saturated carbocycles. The van der Waals surface area contributed by atoms with E-state index in [4.69, 9.17) is 27.3 Å². The van der Waals surface area contributed by atoms with Crippen molar-refractivity contribution >= 4 is 11.6 Å². The van der Waals surface area contributed by atoms with Gasteiger partial charge in [-0.05, 0) is 12.1 Å². The van der Waals surface area contributed by atoms with Gasteiger partial charge in [-0.25, -0.2) is 0 Å². The van der Waals surface area contributed by atoms with E-state index >= 15 is 0 Å². The van der Waals surface area contributed by atoms with Crippen molar-refractivity contribution in [2.24, 2.45) is 16.6 Å². The van der Waals surface area contributed by atoms with Crippen LogP contribution in [0.15, 0.2) is 18.2 Å². The highest BCUT2D eigenvalue weighted by Gasteiger charge is 2.61. The molecule has 0 bridgehead atoms. The molecule has 24 heavy (non-hydrogen) atoms. The van der Waals surface area contributed by atoms with Crippen LogP contribution >= 0.6 is 11.6 Å². The molecule has 0 atom stereocenters. The number of nitriles is 1. The zero-order valence-electron chi connectivity index (χ0n) is 14.3. The van der Waals surface area contributed by atoms with Gasteiger partial charge in [0.2, 0.25) is 0 Å². The van der Waals surface area contributed by atoms with Crippen LogP contribution in [-0.2, 0) is 0 Å². The lowest BCUT2D eigenvalue weighted by Crippen LogP contribution is -2.72. The van der Waals surface area contributed by atoms with Crippen LogP contribution in [0.5, 0.6) is 5.75 Å². The SMILES string of the molecule is CC(F)(F)F.CC1(C)[C@H](N)C(C)(C)[C@H]1Oc1ccc(C#N)c(Cl)c1. The molecule has 0 aromatic heterocycles. The number of rotatable bonds is 2. The van der Waals surface area contributed by atoms with Crippen molar-refractivity contribution in [3.8, 4) is 11.8 Å². The van der Waals surface area contributed by atoms with E-state index in [1.54, 1.807) is 18.2 Å². The molecule has 134 valence electrons. The number of benzene rings is 1. The van der Waals surface area contributed by atoms with Crippen molar-refractivity contribution in [2.75, 3.05) is 0 Å². The minimum absolute atomic E-state index is 0.0269. The molecule has 0 unspecified atom stereocenters. The summed E-state index contributed by atoms with van der Waals surface area (Å²) in [5.41, 5.74) is 6.50. The first-order valence-corrected chi connectivity index (χ1v) is 7.77. The molecule has 1 fully saturated rings. The predicted molar refractivity (Wildman–Crippen MR) is 87.8 cm³/mol. The molecule has 2 rings (SSSR count). The first-order chi connectivity index (χ1) is 10.7. The number of nitrogens with zero attached hydrogens (tertiary/aromatic N) is 1. The first kappa shape index (κ1) is 20.6. The van der Waals surface area contributed by atoms with Gasteiger partial charge in [0, 0.05) is 29.9 Å². The third-order valence-electron chi connectivity index (χ3n) is 4.27. The van der Waals surface area contributed by atoms with Gasteiger partial charge in [-0.1, -0.05) is 39.3 Å². The second-order valence-electron chi connectivity index (χ2n) is 7.15. The number of hydrogen-bond acceptors (Lipinski definition) is 3. The molecule has 7 heteroatoms. The normalized spacial score (nSPS) is 24.0. The Morgan fingerprint density at radius 2 is 1.67 bits per heavy atom. The Labute approximate surface area is 145 Å². The highest BCUT2D eigenvalue weighted by molar-refractivity contribution is 6.31. The smallest absolute Gasteiger partial charge is 0.386 e. The molecule has 0 amide bonds. The van der Waals surface area contributed by atoms with Crippen LogP contribution in [0.25, 0.3) is 0 Å². The van der Waals surface area contributed by atoms with Gasteiger partial charge in [0.25, 0.3) is 0 Å². The highest BCUT2D eigenvalue weighted by atomic mass is 35.5. The zero-order valence-corrected chi connectivity index (χ0v) is 15.1. The lowest BCUT2D eigenvalue weighted by Gasteiger charge is -2.61. The Morgan fingerprint density at radius 1 is 1.21 bits per heavy atom. The predicted octanol–water partition coefficient (Wildman–Crippen LogP) is 4.92. The van der Waals surface area contributed by atoms with Gasteiger partial charge >= 0.3 is 6.18 Å². The quantitative estimate of drug-likeness (QED) is 0.812. The van der Waals surface area contributed by atoms with E-state index in [9.17, 15) is 13.2 Å². The van der Waals surface area contributed by atoms with Crippen LogP contribution < -0.4 is 10.5 Å². The lowest BCUT2D eigenvalue weighted by molar-refractivity contribution is -0.155. The Kier molecular flexibility index (Phi) is 5.85. The highest BCUT2D eigenvalue weighted by Crippen LogP contribution is 2.54. The Hall–Kier alpha value is -1.45. The molecule has 2 N–H and O–H groups in total. The molecule has 1 aromatic rings. The largest absolute Gasteiger partial charge is 0.489 e. The van der Waals surface area contributed by atoms with E-state index in [0.717, 1.165) is 0 Å². The number of halogens is 4. The molecule has 0 radical (unpaired) electrons. The fraction of sp³-hybridized carbons (Fsp3) is 0.588. The van der Waals surface area contributed by atoms with Crippen molar-refractivity contribution < 1.29 is 17.9 Å². The first-order valence-electron chi connectivity index (χ1n) is 7.40. The Balaban J connectivity index is 0.000000505. The minimum atomic E-state index is -4.00. The molecule has 1 aromatic carbocycles. The lowest BCUT2D eigenvalue weighted by atomic mass is 9.50. The summed E-state index contributed by atoms with van der Waals surface area (Å²) < 4.78 is 37.1. The van der Waals surface area contributed by atoms with E-state index in [0.29, 0.717) is 16.3 Å². The number of hydrogen-bond donors (Lipinski definition) is 1. The molecule has 0 aliphatic heterocycles. The topological polar surface area (TPSA) is 59.0 Å². The fourth-order valence-electron chi connectivity index (χ4n) is 3.25. The third kappa shape index (κ3) is 4.55. The number of nitrogens with two attached hydrogens (primary N) is 1. The molecule has 1 aliphatic carbocycles. The van der Waals surface area contributed by atoms with E-state index < -0.39 is 6.18 Å². The Morgan fingerprint density at radius 3 is 2.04 bits per heavy atom. The van der Waals surface area contributed by atoms with Crippen molar-refractivity contribution in [1.82, 2.24) is 0 Å². The summed E-state index contributed by atoms with van der Waals surface area (Å²) in [6.07, 6.45) is -3.97. The summed E-state index contributed by atoms with van der Waals surface area (Å²) >= 11 is 6.02. The molecular weight excluding hydrogens is 341 g/mol.